The highest BCUT2D eigenvalue weighted by molar-refractivity contribution is 6.01. The Kier molecular flexibility index (Phi) is 2.76. The number of aromatic nitrogens is 1. The number of nitrogens with zero attached hydrogens (tertiary/aromatic N) is 2. The molecule has 1 N–H and O–H groups in total. The Morgan fingerprint density at radius 2 is 2.50 bits per heavy atom. The lowest BCUT2D eigenvalue weighted by Gasteiger charge is -2.28. The molecule has 5 nitrogen and oxygen atoms in total. The van der Waals surface area contributed by atoms with Gasteiger partial charge in [0.05, 0.1) is 19.3 Å². The van der Waals surface area contributed by atoms with Gasteiger partial charge in [-0.3, -0.25) is 9.69 Å². The van der Waals surface area contributed by atoms with Crippen LogP contribution in [0.1, 0.15) is 0 Å². The summed E-state index contributed by atoms with van der Waals surface area (Å²) in [5.41, 5.74) is 0.835. The first-order valence-corrected chi connectivity index (χ1v) is 4.96. The summed E-state index contributed by atoms with van der Waals surface area (Å²) in [6.45, 7) is 4.37. The zero-order chi connectivity index (χ0) is 11.5. The van der Waals surface area contributed by atoms with Gasteiger partial charge in [-0.15, -0.1) is 6.58 Å². The molecule has 0 atom stereocenters. The quantitative estimate of drug-likeness (QED) is 0.771. The topological polar surface area (TPSA) is 54.5 Å². The Hall–Kier alpha value is -2.04. The maximum atomic E-state index is 11.7. The summed E-state index contributed by atoms with van der Waals surface area (Å²) >= 11 is 0. The molecule has 0 saturated carbocycles. The van der Waals surface area contributed by atoms with Crippen molar-refractivity contribution < 1.29 is 9.53 Å². The van der Waals surface area contributed by atoms with E-state index in [0.29, 0.717) is 18.2 Å². The van der Waals surface area contributed by atoms with E-state index in [4.69, 9.17) is 4.74 Å². The van der Waals surface area contributed by atoms with Gasteiger partial charge in [0.25, 0.3) is 0 Å². The molecule has 84 valence electrons. The van der Waals surface area contributed by atoms with Crippen LogP contribution in [0, 0.1) is 0 Å². The van der Waals surface area contributed by atoms with E-state index in [-0.39, 0.29) is 12.5 Å². The van der Waals surface area contributed by atoms with Crippen LogP contribution in [0.4, 0.5) is 11.5 Å². The predicted molar refractivity (Wildman–Crippen MR) is 61.8 cm³/mol. The molecule has 0 radical (unpaired) electrons. The van der Waals surface area contributed by atoms with Crippen LogP contribution in [0.5, 0.6) is 5.88 Å². The minimum Gasteiger partial charge on any atom is -0.481 e. The summed E-state index contributed by atoms with van der Waals surface area (Å²) in [6.07, 6.45) is 1.67. The van der Waals surface area contributed by atoms with Crippen LogP contribution in [0.2, 0.25) is 0 Å². The Morgan fingerprint density at radius 3 is 3.19 bits per heavy atom. The van der Waals surface area contributed by atoms with Gasteiger partial charge in [-0.1, -0.05) is 6.08 Å². The fourth-order valence-corrected chi connectivity index (χ4v) is 1.59. The first-order chi connectivity index (χ1) is 7.76. The number of amides is 1. The zero-order valence-corrected chi connectivity index (χ0v) is 9.06. The Bertz CT molecular complexity index is 431. The van der Waals surface area contributed by atoms with Crippen molar-refractivity contribution in [2.45, 2.75) is 0 Å². The Labute approximate surface area is 93.7 Å². The van der Waals surface area contributed by atoms with Crippen molar-refractivity contribution in [3.63, 3.8) is 0 Å². The second-order valence-electron chi connectivity index (χ2n) is 3.37. The van der Waals surface area contributed by atoms with Gasteiger partial charge in [0.2, 0.25) is 11.8 Å². The number of carbonyl (C=O) groups excluding carboxylic acids is 1. The van der Waals surface area contributed by atoms with Crippen molar-refractivity contribution >= 4 is 17.4 Å². The predicted octanol–water partition coefficient (Wildman–Crippen LogP) is 1.03. The number of anilines is 2. The number of pyridine rings is 1. The second kappa shape index (κ2) is 4.22. The SMILES string of the molecule is C=CCN1C(=O)CNc2ccc(OC)nc21. The van der Waals surface area contributed by atoms with E-state index in [1.165, 1.54) is 0 Å². The number of carbonyl (C=O) groups is 1. The highest BCUT2D eigenvalue weighted by atomic mass is 16.5. The molecule has 0 bridgehead atoms. The Morgan fingerprint density at radius 1 is 1.69 bits per heavy atom. The minimum atomic E-state index is -0.0202. The molecule has 0 fully saturated rings. The van der Waals surface area contributed by atoms with Gasteiger partial charge in [0.1, 0.15) is 0 Å². The monoisotopic (exact) mass is 219 g/mol. The van der Waals surface area contributed by atoms with E-state index in [1.54, 1.807) is 24.2 Å². The summed E-state index contributed by atoms with van der Waals surface area (Å²) in [5.74, 6) is 1.06. The summed E-state index contributed by atoms with van der Waals surface area (Å²) in [7, 11) is 1.55. The fourth-order valence-electron chi connectivity index (χ4n) is 1.59. The van der Waals surface area contributed by atoms with E-state index >= 15 is 0 Å². The average molecular weight is 219 g/mol. The first kappa shape index (κ1) is 10.5. The molecule has 5 heteroatoms. The largest absolute Gasteiger partial charge is 0.481 e. The van der Waals surface area contributed by atoms with Crippen molar-refractivity contribution in [2.75, 3.05) is 30.4 Å². The average Bonchev–Trinajstić information content (AvgIpc) is 2.32. The van der Waals surface area contributed by atoms with Crippen LogP contribution in [0.3, 0.4) is 0 Å². The van der Waals surface area contributed by atoms with E-state index in [1.807, 2.05) is 6.07 Å². The number of rotatable bonds is 3. The van der Waals surface area contributed by atoms with E-state index < -0.39 is 0 Å². The number of ether oxygens (including phenoxy) is 1. The van der Waals surface area contributed by atoms with E-state index in [2.05, 4.69) is 16.9 Å². The number of nitrogens with one attached hydrogen (secondary N) is 1. The summed E-state index contributed by atoms with van der Waals surface area (Å²) in [6, 6.07) is 3.61. The Balaban J connectivity index is 2.43. The number of fused-ring (bicyclic) bond motifs is 1. The summed E-state index contributed by atoms with van der Waals surface area (Å²) in [4.78, 5) is 17.5. The van der Waals surface area contributed by atoms with Gasteiger partial charge < -0.3 is 10.1 Å². The second-order valence-corrected chi connectivity index (χ2v) is 3.37. The van der Waals surface area contributed by atoms with Gasteiger partial charge in [-0.25, -0.2) is 0 Å². The van der Waals surface area contributed by atoms with Crippen LogP contribution in [-0.4, -0.2) is 31.1 Å². The minimum absolute atomic E-state index is 0.0202. The molecule has 0 aromatic carbocycles. The third-order valence-corrected chi connectivity index (χ3v) is 2.36. The van der Waals surface area contributed by atoms with Crippen molar-refractivity contribution in [2.24, 2.45) is 0 Å². The molecule has 1 aliphatic rings. The third-order valence-electron chi connectivity index (χ3n) is 2.36. The van der Waals surface area contributed by atoms with Crippen LogP contribution >= 0.6 is 0 Å². The number of methoxy groups -OCH3 is 1. The molecule has 0 aliphatic carbocycles. The fraction of sp³-hybridized carbons (Fsp3) is 0.273. The van der Waals surface area contributed by atoms with Crippen molar-refractivity contribution in [3.8, 4) is 5.88 Å². The van der Waals surface area contributed by atoms with E-state index in [9.17, 15) is 4.79 Å². The van der Waals surface area contributed by atoms with Gasteiger partial charge in [-0.05, 0) is 6.07 Å². The van der Waals surface area contributed by atoms with Crippen LogP contribution in [0.25, 0.3) is 0 Å². The zero-order valence-electron chi connectivity index (χ0n) is 9.06. The van der Waals surface area contributed by atoms with Gasteiger partial charge in [-0.2, -0.15) is 4.98 Å². The molecule has 1 aromatic heterocycles. The molecule has 16 heavy (non-hydrogen) atoms. The van der Waals surface area contributed by atoms with Crippen LogP contribution < -0.4 is 15.0 Å². The van der Waals surface area contributed by atoms with Crippen molar-refractivity contribution in [1.82, 2.24) is 4.98 Å². The number of hydrogen-bond acceptors (Lipinski definition) is 4. The molecular weight excluding hydrogens is 206 g/mol. The maximum Gasteiger partial charge on any atom is 0.247 e. The van der Waals surface area contributed by atoms with Crippen LogP contribution in [0.15, 0.2) is 24.8 Å². The lowest BCUT2D eigenvalue weighted by molar-refractivity contribution is -0.117. The molecule has 0 spiro atoms. The highest BCUT2D eigenvalue weighted by Gasteiger charge is 2.24. The summed E-state index contributed by atoms with van der Waals surface area (Å²) < 4.78 is 5.04. The summed E-state index contributed by atoms with van der Waals surface area (Å²) in [5, 5.41) is 3.01. The third kappa shape index (κ3) is 1.71. The van der Waals surface area contributed by atoms with Gasteiger partial charge in [0.15, 0.2) is 5.82 Å². The molecule has 0 saturated heterocycles. The smallest absolute Gasteiger partial charge is 0.247 e. The molecule has 1 aliphatic heterocycles. The van der Waals surface area contributed by atoms with Gasteiger partial charge >= 0.3 is 0 Å². The maximum absolute atomic E-state index is 11.7. The van der Waals surface area contributed by atoms with Gasteiger partial charge in [0, 0.05) is 12.6 Å². The van der Waals surface area contributed by atoms with Crippen molar-refractivity contribution in [1.29, 1.82) is 0 Å². The van der Waals surface area contributed by atoms with Crippen LogP contribution in [-0.2, 0) is 4.79 Å². The standard InChI is InChI=1S/C11H13N3O2/c1-3-6-14-10(15)7-12-8-4-5-9(16-2)13-11(8)14/h3-5,12H,1,6-7H2,2H3. The normalized spacial score (nSPS) is 14.1. The lowest BCUT2D eigenvalue weighted by Crippen LogP contribution is -2.40. The molecule has 1 aromatic rings. The molecular formula is C11H13N3O2. The van der Waals surface area contributed by atoms with E-state index in [0.717, 1.165) is 5.69 Å². The van der Waals surface area contributed by atoms with Crippen molar-refractivity contribution in [3.05, 3.63) is 24.8 Å². The molecule has 2 rings (SSSR count). The highest BCUT2D eigenvalue weighted by Crippen LogP contribution is 2.29. The number of hydrogen-bond donors (Lipinski definition) is 1. The molecule has 0 unspecified atom stereocenters. The lowest BCUT2D eigenvalue weighted by atomic mass is 10.2. The molecule has 2 heterocycles. The first-order valence-electron chi connectivity index (χ1n) is 4.96. The molecule has 1 amide bonds.